The number of halogens is 3. The molecular weight excluding hydrogens is 349 g/mol. The largest absolute Gasteiger partial charge is 0.322 e. The van der Waals surface area contributed by atoms with E-state index in [2.05, 4.69) is 26.6 Å². The van der Waals surface area contributed by atoms with Gasteiger partial charge < -0.3 is 10.6 Å². The molecule has 112 valence electrons. The van der Waals surface area contributed by atoms with Gasteiger partial charge in [0.1, 0.15) is 5.82 Å². The fraction of sp³-hybridized carbons (Fsp3) is 0.462. The van der Waals surface area contributed by atoms with E-state index in [1.807, 2.05) is 11.9 Å². The summed E-state index contributed by atoms with van der Waals surface area (Å²) in [6.07, 6.45) is 1.04. The lowest BCUT2D eigenvalue weighted by molar-refractivity contribution is -0.117. The zero-order valence-electron chi connectivity index (χ0n) is 11.2. The van der Waals surface area contributed by atoms with Gasteiger partial charge in [0.05, 0.1) is 12.2 Å². The highest BCUT2D eigenvalue weighted by Crippen LogP contribution is 2.19. The number of nitrogens with zero attached hydrogens (tertiary/aromatic N) is 1. The molecule has 1 saturated heterocycles. The Bertz CT molecular complexity index is 469. The summed E-state index contributed by atoms with van der Waals surface area (Å²) in [5.74, 6) is -0.636. The monoisotopic (exact) mass is 365 g/mol. The van der Waals surface area contributed by atoms with Gasteiger partial charge in [-0.05, 0) is 38.2 Å². The van der Waals surface area contributed by atoms with Gasteiger partial charge in [-0.15, -0.1) is 12.4 Å². The molecule has 0 saturated carbocycles. The number of benzene rings is 1. The Hall–Kier alpha value is -0.690. The van der Waals surface area contributed by atoms with E-state index >= 15 is 0 Å². The second-order valence-corrected chi connectivity index (χ2v) is 5.65. The molecule has 1 heterocycles. The second-order valence-electron chi connectivity index (χ2n) is 4.73. The Morgan fingerprint density at radius 2 is 2.35 bits per heavy atom. The minimum absolute atomic E-state index is 0. The molecule has 0 spiro atoms. The summed E-state index contributed by atoms with van der Waals surface area (Å²) in [5, 5.41) is 5.85. The van der Waals surface area contributed by atoms with Crippen LogP contribution in [0.3, 0.4) is 0 Å². The summed E-state index contributed by atoms with van der Waals surface area (Å²) in [6.45, 7) is 2.15. The predicted molar refractivity (Wildman–Crippen MR) is 83.9 cm³/mol. The number of hydrogen-bond acceptors (Lipinski definition) is 3. The molecule has 1 fully saturated rings. The van der Waals surface area contributed by atoms with E-state index in [1.165, 1.54) is 6.07 Å². The zero-order valence-corrected chi connectivity index (χ0v) is 13.6. The lowest BCUT2D eigenvalue weighted by Crippen LogP contribution is -2.39. The van der Waals surface area contributed by atoms with Crippen LogP contribution in [0.2, 0.25) is 0 Å². The van der Waals surface area contributed by atoms with Gasteiger partial charge in [-0.3, -0.25) is 9.69 Å². The van der Waals surface area contributed by atoms with Crippen LogP contribution in [0.15, 0.2) is 22.7 Å². The van der Waals surface area contributed by atoms with E-state index in [4.69, 9.17) is 0 Å². The average Bonchev–Trinajstić information content (AvgIpc) is 2.86. The molecule has 4 nitrogen and oxygen atoms in total. The van der Waals surface area contributed by atoms with E-state index in [0.29, 0.717) is 10.5 Å². The minimum atomic E-state index is -0.437. The maximum Gasteiger partial charge on any atom is 0.238 e. The minimum Gasteiger partial charge on any atom is -0.322 e. The number of amides is 1. The summed E-state index contributed by atoms with van der Waals surface area (Å²) in [6, 6.07) is 4.96. The molecule has 1 amide bonds. The predicted octanol–water partition coefficient (Wildman–Crippen LogP) is 2.24. The van der Waals surface area contributed by atoms with Gasteiger partial charge in [0, 0.05) is 17.1 Å². The number of likely N-dealkylation sites (N-methyl/N-ethyl adjacent to an activating group) is 1. The van der Waals surface area contributed by atoms with Crippen molar-refractivity contribution >= 4 is 39.9 Å². The Kier molecular flexibility index (Phi) is 6.88. The third kappa shape index (κ3) is 4.70. The third-order valence-corrected chi connectivity index (χ3v) is 3.75. The molecule has 1 aromatic rings. The fourth-order valence-corrected chi connectivity index (χ4v) is 2.48. The number of nitrogens with one attached hydrogen (secondary N) is 2. The Labute approximate surface area is 132 Å². The van der Waals surface area contributed by atoms with E-state index in [0.717, 1.165) is 19.5 Å². The lowest BCUT2D eigenvalue weighted by Gasteiger charge is -2.22. The summed E-state index contributed by atoms with van der Waals surface area (Å²) in [4.78, 5) is 13.9. The van der Waals surface area contributed by atoms with Gasteiger partial charge in [-0.2, -0.15) is 0 Å². The SMILES string of the molecule is CN(CC(=O)Nc1ccc(Br)cc1F)C1CCNC1.Cl. The molecule has 0 radical (unpaired) electrons. The Morgan fingerprint density at radius 3 is 2.95 bits per heavy atom. The maximum absolute atomic E-state index is 13.6. The molecule has 0 aromatic heterocycles. The van der Waals surface area contributed by atoms with Crippen LogP contribution in [0.25, 0.3) is 0 Å². The van der Waals surface area contributed by atoms with Crippen LogP contribution < -0.4 is 10.6 Å². The van der Waals surface area contributed by atoms with Crippen molar-refractivity contribution in [1.82, 2.24) is 10.2 Å². The zero-order chi connectivity index (χ0) is 13.8. The van der Waals surface area contributed by atoms with Crippen molar-refractivity contribution < 1.29 is 9.18 Å². The first kappa shape index (κ1) is 17.4. The smallest absolute Gasteiger partial charge is 0.238 e. The van der Waals surface area contributed by atoms with Gasteiger partial charge in [0.2, 0.25) is 5.91 Å². The van der Waals surface area contributed by atoms with Crippen LogP contribution in [-0.4, -0.2) is 43.5 Å². The first-order chi connectivity index (χ1) is 9.06. The molecular formula is C13H18BrClFN3O. The van der Waals surface area contributed by atoms with Gasteiger partial charge in [0.25, 0.3) is 0 Å². The summed E-state index contributed by atoms with van der Waals surface area (Å²) >= 11 is 3.18. The first-order valence-corrected chi connectivity index (χ1v) is 7.01. The van der Waals surface area contributed by atoms with E-state index in [9.17, 15) is 9.18 Å². The number of hydrogen-bond donors (Lipinski definition) is 2. The molecule has 2 rings (SSSR count). The molecule has 1 unspecified atom stereocenters. The molecule has 1 aromatic carbocycles. The second kappa shape index (κ2) is 7.93. The number of anilines is 1. The van der Waals surface area contributed by atoms with Crippen molar-refractivity contribution in [1.29, 1.82) is 0 Å². The lowest BCUT2D eigenvalue weighted by atomic mass is 10.2. The van der Waals surface area contributed by atoms with Crippen LogP contribution in [-0.2, 0) is 4.79 Å². The van der Waals surface area contributed by atoms with Crippen molar-refractivity contribution in [2.45, 2.75) is 12.5 Å². The normalized spacial score (nSPS) is 17.9. The average molecular weight is 367 g/mol. The number of carbonyl (C=O) groups excluding carboxylic acids is 1. The Balaban J connectivity index is 0.00000200. The van der Waals surface area contributed by atoms with Crippen LogP contribution >= 0.6 is 28.3 Å². The Morgan fingerprint density at radius 1 is 1.60 bits per heavy atom. The summed E-state index contributed by atoms with van der Waals surface area (Å²) in [7, 11) is 1.91. The van der Waals surface area contributed by atoms with Crippen molar-refractivity contribution in [3.05, 3.63) is 28.5 Å². The van der Waals surface area contributed by atoms with Gasteiger partial charge >= 0.3 is 0 Å². The van der Waals surface area contributed by atoms with Crippen LogP contribution in [0, 0.1) is 5.82 Å². The first-order valence-electron chi connectivity index (χ1n) is 6.22. The van der Waals surface area contributed by atoms with Crippen molar-refractivity contribution in [3.63, 3.8) is 0 Å². The molecule has 1 aliphatic rings. The van der Waals surface area contributed by atoms with Gasteiger partial charge in [-0.1, -0.05) is 15.9 Å². The molecule has 7 heteroatoms. The summed E-state index contributed by atoms with van der Waals surface area (Å²) < 4.78 is 14.2. The third-order valence-electron chi connectivity index (χ3n) is 3.26. The summed E-state index contributed by atoms with van der Waals surface area (Å²) in [5.41, 5.74) is 0.214. The van der Waals surface area contributed by atoms with E-state index < -0.39 is 5.82 Å². The molecule has 2 N–H and O–H groups in total. The highest BCUT2D eigenvalue weighted by molar-refractivity contribution is 9.10. The molecule has 0 bridgehead atoms. The van der Waals surface area contributed by atoms with Crippen molar-refractivity contribution in [3.8, 4) is 0 Å². The van der Waals surface area contributed by atoms with Crippen molar-refractivity contribution in [2.24, 2.45) is 0 Å². The molecule has 1 atom stereocenters. The fourth-order valence-electron chi connectivity index (χ4n) is 2.15. The topological polar surface area (TPSA) is 44.4 Å². The number of carbonyl (C=O) groups is 1. The maximum atomic E-state index is 13.6. The van der Waals surface area contributed by atoms with E-state index in [1.54, 1.807) is 12.1 Å². The molecule has 0 aliphatic carbocycles. The number of rotatable bonds is 4. The van der Waals surface area contributed by atoms with Crippen LogP contribution in [0.4, 0.5) is 10.1 Å². The standard InChI is InChI=1S/C13H17BrFN3O.ClH/c1-18(10-4-5-16-7-10)8-13(19)17-12-3-2-9(14)6-11(12)15;/h2-3,6,10,16H,4-5,7-8H2,1H3,(H,17,19);1H. The van der Waals surface area contributed by atoms with Crippen LogP contribution in [0.1, 0.15) is 6.42 Å². The molecule has 20 heavy (non-hydrogen) atoms. The quantitative estimate of drug-likeness (QED) is 0.859. The highest BCUT2D eigenvalue weighted by Gasteiger charge is 2.21. The van der Waals surface area contributed by atoms with Gasteiger partial charge in [0.15, 0.2) is 0 Å². The van der Waals surface area contributed by atoms with Crippen molar-refractivity contribution in [2.75, 3.05) is 32.0 Å². The molecule has 1 aliphatic heterocycles. The van der Waals surface area contributed by atoms with E-state index in [-0.39, 0.29) is 30.5 Å². The highest BCUT2D eigenvalue weighted by atomic mass is 79.9. The van der Waals surface area contributed by atoms with Crippen LogP contribution in [0.5, 0.6) is 0 Å². The van der Waals surface area contributed by atoms with Gasteiger partial charge in [-0.25, -0.2) is 4.39 Å².